The molecule has 2 aromatic rings. The molecule has 0 amide bonds. The topological polar surface area (TPSA) is 44.1 Å². The van der Waals surface area contributed by atoms with Crippen molar-refractivity contribution in [3.05, 3.63) is 45.1 Å². The third kappa shape index (κ3) is 3.44. The minimum atomic E-state index is -4.77. The van der Waals surface area contributed by atoms with Crippen LogP contribution >= 0.6 is 27.5 Å². The number of rotatable bonds is 3. The fourth-order valence-corrected chi connectivity index (χ4v) is 2.19. The van der Waals surface area contributed by atoms with E-state index in [1.165, 1.54) is 25.1 Å². The zero-order valence-electron chi connectivity index (χ0n) is 11.1. The summed E-state index contributed by atoms with van der Waals surface area (Å²) >= 11 is 9.01. The molecule has 0 unspecified atom stereocenters. The van der Waals surface area contributed by atoms with Gasteiger partial charge in [-0.2, -0.15) is 18.3 Å². The summed E-state index contributed by atoms with van der Waals surface area (Å²) in [5.74, 6) is -1.07. The molecule has 0 N–H and O–H groups in total. The quantitative estimate of drug-likeness (QED) is 0.717. The number of halogens is 5. The van der Waals surface area contributed by atoms with E-state index >= 15 is 0 Å². The van der Waals surface area contributed by atoms with Crippen LogP contribution in [0.1, 0.15) is 23.0 Å². The largest absolute Gasteiger partial charge is 0.462 e. The van der Waals surface area contributed by atoms with E-state index in [-0.39, 0.29) is 6.61 Å². The van der Waals surface area contributed by atoms with Gasteiger partial charge in [-0.15, -0.1) is 0 Å². The molecule has 118 valence electrons. The number of nitrogens with zero attached hydrogens (tertiary/aromatic N) is 2. The first-order valence-electron chi connectivity index (χ1n) is 6.03. The van der Waals surface area contributed by atoms with Gasteiger partial charge in [0.1, 0.15) is 5.56 Å². The molecule has 0 saturated carbocycles. The van der Waals surface area contributed by atoms with Crippen LogP contribution in [0.2, 0.25) is 5.02 Å². The van der Waals surface area contributed by atoms with Gasteiger partial charge < -0.3 is 4.74 Å². The van der Waals surface area contributed by atoms with Crippen LogP contribution in [0, 0.1) is 0 Å². The summed E-state index contributed by atoms with van der Waals surface area (Å²) in [6.45, 7) is 1.47. The zero-order valence-corrected chi connectivity index (χ0v) is 13.5. The Morgan fingerprint density at radius 2 is 2.14 bits per heavy atom. The Labute approximate surface area is 136 Å². The fourth-order valence-electron chi connectivity index (χ4n) is 1.70. The van der Waals surface area contributed by atoms with Crippen LogP contribution in [-0.4, -0.2) is 22.4 Å². The van der Waals surface area contributed by atoms with Crippen LogP contribution in [0.4, 0.5) is 13.2 Å². The van der Waals surface area contributed by atoms with Gasteiger partial charge in [0.05, 0.1) is 17.3 Å². The third-order valence-corrected chi connectivity index (χ3v) is 3.86. The normalized spacial score (nSPS) is 11.5. The van der Waals surface area contributed by atoms with Gasteiger partial charge >= 0.3 is 12.1 Å². The van der Waals surface area contributed by atoms with Gasteiger partial charge in [0.2, 0.25) is 0 Å². The molecule has 0 aliphatic carbocycles. The monoisotopic (exact) mass is 396 g/mol. The van der Waals surface area contributed by atoms with Crippen molar-refractivity contribution >= 4 is 33.5 Å². The number of hydrogen-bond donors (Lipinski definition) is 0. The number of carbonyl (C=O) groups is 1. The van der Waals surface area contributed by atoms with Crippen LogP contribution in [0.15, 0.2) is 28.9 Å². The van der Waals surface area contributed by atoms with Crippen molar-refractivity contribution in [2.75, 3.05) is 6.61 Å². The number of carbonyl (C=O) groups excluding carboxylic acids is 1. The Hall–Kier alpha value is -1.54. The molecule has 0 fully saturated rings. The number of hydrogen-bond acceptors (Lipinski definition) is 3. The second-order valence-electron chi connectivity index (χ2n) is 4.15. The van der Waals surface area contributed by atoms with Crippen LogP contribution in [0.25, 0.3) is 5.69 Å². The Morgan fingerprint density at radius 3 is 2.68 bits per heavy atom. The van der Waals surface area contributed by atoms with E-state index < -0.39 is 23.4 Å². The number of aromatic nitrogens is 2. The summed E-state index contributed by atoms with van der Waals surface area (Å²) in [5.41, 5.74) is -1.62. The first-order valence-corrected chi connectivity index (χ1v) is 7.20. The van der Waals surface area contributed by atoms with Gasteiger partial charge in [-0.1, -0.05) is 11.6 Å². The molecule has 0 spiro atoms. The van der Waals surface area contributed by atoms with Crippen LogP contribution in [-0.2, 0) is 10.9 Å². The molecule has 1 aromatic carbocycles. The highest BCUT2D eigenvalue weighted by Crippen LogP contribution is 2.32. The molecule has 2 rings (SSSR count). The Balaban J connectivity index is 2.54. The van der Waals surface area contributed by atoms with Crippen molar-refractivity contribution in [2.45, 2.75) is 13.1 Å². The predicted octanol–water partition coefficient (Wildman–Crippen LogP) is 4.48. The molecule has 0 bridgehead atoms. The molecule has 0 atom stereocenters. The number of alkyl halides is 3. The van der Waals surface area contributed by atoms with Gasteiger partial charge in [-0.05, 0) is 41.1 Å². The van der Waals surface area contributed by atoms with E-state index in [0.717, 1.165) is 10.9 Å². The van der Waals surface area contributed by atoms with Gasteiger partial charge in [-0.3, -0.25) is 0 Å². The highest BCUT2D eigenvalue weighted by molar-refractivity contribution is 9.10. The summed E-state index contributed by atoms with van der Waals surface area (Å²) in [4.78, 5) is 11.7. The fraction of sp³-hybridized carbons (Fsp3) is 0.231. The molecule has 1 aromatic heterocycles. The van der Waals surface area contributed by atoms with Gasteiger partial charge in [0.15, 0.2) is 5.69 Å². The summed E-state index contributed by atoms with van der Waals surface area (Å²) in [5, 5.41) is 3.85. The lowest BCUT2D eigenvalue weighted by Crippen LogP contribution is -2.14. The van der Waals surface area contributed by atoms with Crippen molar-refractivity contribution in [1.29, 1.82) is 0 Å². The molecular formula is C13H9BrClF3N2O2. The van der Waals surface area contributed by atoms with Crippen LogP contribution in [0.3, 0.4) is 0 Å². The average molecular weight is 398 g/mol. The second kappa shape index (κ2) is 6.29. The summed E-state index contributed by atoms with van der Waals surface area (Å²) < 4.78 is 45.1. The van der Waals surface area contributed by atoms with Crippen molar-refractivity contribution in [1.82, 2.24) is 9.78 Å². The number of esters is 1. The van der Waals surface area contributed by atoms with E-state index in [4.69, 9.17) is 11.6 Å². The molecule has 4 nitrogen and oxygen atoms in total. The smallest absolute Gasteiger partial charge is 0.436 e. The maximum Gasteiger partial charge on any atom is 0.436 e. The minimum Gasteiger partial charge on any atom is -0.462 e. The van der Waals surface area contributed by atoms with E-state index in [1.807, 2.05) is 0 Å². The van der Waals surface area contributed by atoms with Crippen molar-refractivity contribution in [3.8, 4) is 5.69 Å². The first-order chi connectivity index (χ1) is 10.2. The Morgan fingerprint density at radius 1 is 1.45 bits per heavy atom. The van der Waals surface area contributed by atoms with E-state index in [2.05, 4.69) is 25.8 Å². The molecule has 0 radical (unpaired) electrons. The molecule has 1 heterocycles. The minimum absolute atomic E-state index is 0.0339. The highest BCUT2D eigenvalue weighted by atomic mass is 79.9. The lowest BCUT2D eigenvalue weighted by Gasteiger charge is -2.05. The first kappa shape index (κ1) is 16.8. The van der Waals surface area contributed by atoms with E-state index in [0.29, 0.717) is 15.2 Å². The lowest BCUT2D eigenvalue weighted by atomic mass is 10.2. The van der Waals surface area contributed by atoms with Gasteiger partial charge in [0, 0.05) is 10.7 Å². The molecule has 0 aliphatic heterocycles. The molecule has 9 heteroatoms. The average Bonchev–Trinajstić information content (AvgIpc) is 2.87. The molecule has 0 aliphatic rings. The maximum atomic E-state index is 13.0. The second-order valence-corrected chi connectivity index (χ2v) is 5.41. The number of benzene rings is 1. The molecular weight excluding hydrogens is 389 g/mol. The van der Waals surface area contributed by atoms with Crippen molar-refractivity contribution in [2.24, 2.45) is 0 Å². The van der Waals surface area contributed by atoms with Crippen LogP contribution in [0.5, 0.6) is 0 Å². The number of ether oxygens (including phenoxy) is 1. The summed E-state index contributed by atoms with van der Waals surface area (Å²) in [6, 6.07) is 4.47. The SMILES string of the molecule is CCOC(=O)c1cn(-c2ccc(Cl)c(Br)c2)nc1C(F)(F)F. The molecule has 22 heavy (non-hydrogen) atoms. The Kier molecular flexibility index (Phi) is 4.81. The van der Waals surface area contributed by atoms with Crippen LogP contribution < -0.4 is 0 Å². The summed E-state index contributed by atoms with van der Waals surface area (Å²) in [7, 11) is 0. The van der Waals surface area contributed by atoms with Crippen molar-refractivity contribution < 1.29 is 22.7 Å². The predicted molar refractivity (Wildman–Crippen MR) is 77.2 cm³/mol. The van der Waals surface area contributed by atoms with Gasteiger partial charge in [0.25, 0.3) is 0 Å². The highest BCUT2D eigenvalue weighted by Gasteiger charge is 2.39. The maximum absolute atomic E-state index is 13.0. The Bertz CT molecular complexity index is 716. The lowest BCUT2D eigenvalue weighted by molar-refractivity contribution is -0.141. The van der Waals surface area contributed by atoms with Crippen molar-refractivity contribution in [3.63, 3.8) is 0 Å². The van der Waals surface area contributed by atoms with E-state index in [9.17, 15) is 18.0 Å². The standard InChI is InChI=1S/C13H9BrClF3N2O2/c1-2-22-12(21)8-6-20(19-11(8)13(16,17)18)7-3-4-10(15)9(14)5-7/h3-6H,2H2,1H3. The third-order valence-electron chi connectivity index (χ3n) is 2.65. The zero-order chi connectivity index (χ0) is 16.5. The summed E-state index contributed by atoms with van der Waals surface area (Å²) in [6.07, 6.45) is -3.78. The molecule has 0 saturated heterocycles. The van der Waals surface area contributed by atoms with Gasteiger partial charge in [-0.25, -0.2) is 9.48 Å². The van der Waals surface area contributed by atoms with E-state index in [1.54, 1.807) is 0 Å².